The Hall–Kier alpha value is -3.59. The van der Waals surface area contributed by atoms with Crippen molar-refractivity contribution in [3.8, 4) is 16.9 Å². The van der Waals surface area contributed by atoms with Crippen LogP contribution in [0.4, 0.5) is 5.69 Å². The second kappa shape index (κ2) is 10.0. The molecule has 0 aliphatic carbocycles. The highest BCUT2D eigenvalue weighted by atomic mass is 35.5. The number of oxazole rings is 1. The van der Waals surface area contributed by atoms with Crippen LogP contribution in [0.1, 0.15) is 19.2 Å². The molecular formula is C28H25ClN2O5S. The number of rotatable bonds is 7. The van der Waals surface area contributed by atoms with Crippen LogP contribution in [0.15, 0.2) is 88.7 Å². The van der Waals surface area contributed by atoms with Crippen molar-refractivity contribution in [2.45, 2.75) is 13.3 Å². The molecule has 0 N–H and O–H groups in total. The van der Waals surface area contributed by atoms with Gasteiger partial charge in [-0.15, -0.1) is 0 Å². The Balaban J connectivity index is 1.54. The van der Waals surface area contributed by atoms with E-state index in [1.165, 1.54) is 0 Å². The summed E-state index contributed by atoms with van der Waals surface area (Å²) < 4.78 is 48.5. The average Bonchev–Trinajstić information content (AvgIpc) is 3.38. The fourth-order valence-electron chi connectivity index (χ4n) is 4.28. The lowest BCUT2D eigenvalue weighted by Gasteiger charge is -2.20. The molecule has 0 atom stereocenters. The Labute approximate surface area is 220 Å². The first-order valence-electron chi connectivity index (χ1n) is 11.8. The van der Waals surface area contributed by atoms with Gasteiger partial charge in [0.2, 0.25) is 11.5 Å². The van der Waals surface area contributed by atoms with Crippen LogP contribution in [-0.4, -0.2) is 25.3 Å². The van der Waals surface area contributed by atoms with Crippen LogP contribution in [-0.2, 0) is 17.2 Å². The van der Waals surface area contributed by atoms with Gasteiger partial charge in [0, 0.05) is 23.7 Å². The maximum absolute atomic E-state index is 11.5. The molecule has 37 heavy (non-hydrogen) atoms. The number of halogens is 1. The molecule has 0 fully saturated rings. The summed E-state index contributed by atoms with van der Waals surface area (Å²) in [6, 6.07) is 21.1. The third-order valence-electron chi connectivity index (χ3n) is 6.26. The topological polar surface area (TPSA) is 86.7 Å². The molecule has 3 aromatic carbocycles. The molecule has 4 aromatic rings. The van der Waals surface area contributed by atoms with Crippen molar-refractivity contribution >= 4 is 44.6 Å². The van der Waals surface area contributed by atoms with Gasteiger partial charge in [-0.25, -0.2) is 8.42 Å². The zero-order valence-electron chi connectivity index (χ0n) is 20.3. The monoisotopic (exact) mass is 536 g/mol. The van der Waals surface area contributed by atoms with Crippen molar-refractivity contribution in [3.63, 3.8) is 0 Å². The lowest BCUT2D eigenvalue weighted by molar-refractivity contribution is -0.652. The fourth-order valence-corrected chi connectivity index (χ4v) is 4.85. The number of nitrogens with zero attached hydrogens (tertiary/aromatic N) is 2. The van der Waals surface area contributed by atoms with Gasteiger partial charge in [-0.2, -0.15) is 4.57 Å². The standard InChI is InChI=1S/C28H25ClN2O5S/c1-3-19(15-27-30(2)23-18-22(29)10-12-25(23)35-27)16-28-31(13-14-37(32,33)34)24-17-21(9-11-26(24)36-28)20-7-5-4-6-8-20/h4-12,15-18H,3,13-14H2,1-2H3. The van der Waals surface area contributed by atoms with E-state index in [1.807, 2.05) is 91.4 Å². The third kappa shape index (κ3) is 5.41. The quantitative estimate of drug-likeness (QED) is 0.224. The van der Waals surface area contributed by atoms with Crippen LogP contribution in [0.5, 0.6) is 5.75 Å². The molecule has 0 saturated heterocycles. The fraction of sp³-hybridized carbons (Fsp3) is 0.179. The van der Waals surface area contributed by atoms with Gasteiger partial charge in [0.1, 0.15) is 7.05 Å². The molecule has 2 heterocycles. The molecule has 7 nitrogen and oxygen atoms in total. The molecule has 190 valence electrons. The van der Waals surface area contributed by atoms with E-state index in [4.69, 9.17) is 20.8 Å². The molecule has 0 spiro atoms. The van der Waals surface area contributed by atoms with Gasteiger partial charge in [-0.1, -0.05) is 54.9 Å². The molecule has 0 unspecified atom stereocenters. The average molecular weight is 537 g/mol. The van der Waals surface area contributed by atoms with E-state index in [0.29, 0.717) is 40.2 Å². The van der Waals surface area contributed by atoms with Gasteiger partial charge >= 0.3 is 5.89 Å². The summed E-state index contributed by atoms with van der Waals surface area (Å²) in [7, 11) is -2.53. The number of fused-ring (bicyclic) bond motifs is 2. The first-order chi connectivity index (χ1) is 17.7. The van der Waals surface area contributed by atoms with E-state index >= 15 is 0 Å². The lowest BCUT2D eigenvalue weighted by atomic mass is 10.0. The zero-order chi connectivity index (χ0) is 26.2. The van der Waals surface area contributed by atoms with E-state index in [-0.39, 0.29) is 6.54 Å². The third-order valence-corrected chi connectivity index (χ3v) is 7.17. The van der Waals surface area contributed by atoms with Gasteiger partial charge in [0.25, 0.3) is 5.52 Å². The first-order valence-corrected chi connectivity index (χ1v) is 13.8. The van der Waals surface area contributed by atoms with Gasteiger partial charge in [0.15, 0.2) is 5.75 Å². The van der Waals surface area contributed by atoms with Crippen LogP contribution < -0.4 is 14.2 Å². The second-order valence-corrected chi connectivity index (χ2v) is 10.7. The Morgan fingerprint density at radius 3 is 2.59 bits per heavy atom. The van der Waals surface area contributed by atoms with Crippen molar-refractivity contribution in [2.24, 2.45) is 7.05 Å². The van der Waals surface area contributed by atoms with Gasteiger partial charge in [-0.3, -0.25) is 0 Å². The number of benzene rings is 3. The van der Waals surface area contributed by atoms with Gasteiger partial charge in [-0.05, 0) is 47.4 Å². The first kappa shape index (κ1) is 25.1. The predicted octanol–water partition coefficient (Wildman–Crippen LogP) is 5.66. The number of ether oxygens (including phenoxy) is 1. The van der Waals surface area contributed by atoms with Crippen molar-refractivity contribution in [1.29, 1.82) is 0 Å². The van der Waals surface area contributed by atoms with Crippen molar-refractivity contribution in [1.82, 2.24) is 0 Å². The Morgan fingerprint density at radius 2 is 1.86 bits per heavy atom. The van der Waals surface area contributed by atoms with Crippen molar-refractivity contribution in [3.05, 3.63) is 95.2 Å². The number of hydrogen-bond acceptors (Lipinski definition) is 6. The molecule has 1 aliphatic rings. The number of hydrogen-bond donors (Lipinski definition) is 0. The number of anilines is 1. The van der Waals surface area contributed by atoms with E-state index < -0.39 is 15.9 Å². The summed E-state index contributed by atoms with van der Waals surface area (Å²) in [4.78, 5) is 1.74. The molecule has 0 saturated carbocycles. The molecule has 0 radical (unpaired) electrons. The number of aromatic nitrogens is 1. The summed E-state index contributed by atoms with van der Waals surface area (Å²) in [6.45, 7) is 1.97. The van der Waals surface area contributed by atoms with Crippen LogP contribution in [0.25, 0.3) is 28.3 Å². The maximum atomic E-state index is 11.5. The molecular weight excluding hydrogens is 512 g/mol. The molecule has 1 aromatic heterocycles. The minimum Gasteiger partial charge on any atom is -0.748 e. The van der Waals surface area contributed by atoms with Crippen molar-refractivity contribution in [2.75, 3.05) is 17.2 Å². The zero-order valence-corrected chi connectivity index (χ0v) is 21.9. The molecule has 1 aliphatic heterocycles. The smallest absolute Gasteiger partial charge is 0.374 e. The van der Waals surface area contributed by atoms with Crippen LogP contribution >= 0.6 is 11.6 Å². The van der Waals surface area contributed by atoms with E-state index in [1.54, 1.807) is 11.0 Å². The highest BCUT2D eigenvalue weighted by Gasteiger charge is 2.28. The SMILES string of the molecule is CCC(=Cc1oc2ccc(Cl)cc2[n+]1C)C=C1Oc2ccc(-c3ccccc3)cc2N1CCS(=O)(=O)[O-]. The Bertz CT molecular complexity index is 1640. The molecule has 5 rings (SSSR count). The van der Waals surface area contributed by atoms with E-state index in [9.17, 15) is 13.0 Å². The van der Waals surface area contributed by atoms with Crippen LogP contribution in [0.2, 0.25) is 5.02 Å². The lowest BCUT2D eigenvalue weighted by Crippen LogP contribution is -2.29. The number of aryl methyl sites for hydroxylation is 1. The largest absolute Gasteiger partial charge is 0.748 e. The van der Waals surface area contributed by atoms with Crippen LogP contribution in [0.3, 0.4) is 0 Å². The maximum Gasteiger partial charge on any atom is 0.374 e. The molecule has 0 amide bonds. The highest BCUT2D eigenvalue weighted by molar-refractivity contribution is 7.85. The van der Waals surface area contributed by atoms with E-state index in [2.05, 4.69) is 0 Å². The molecule has 9 heteroatoms. The summed E-state index contributed by atoms with van der Waals surface area (Å²) in [5.74, 6) is 1.11. The normalized spacial score (nSPS) is 14.9. The molecule has 0 bridgehead atoms. The summed E-state index contributed by atoms with van der Waals surface area (Å²) in [6.07, 6.45) is 4.41. The van der Waals surface area contributed by atoms with E-state index in [0.717, 1.165) is 22.2 Å². The van der Waals surface area contributed by atoms with Gasteiger partial charge < -0.3 is 18.6 Å². The minimum absolute atomic E-state index is 0.0309. The second-order valence-electron chi connectivity index (χ2n) is 8.73. The predicted molar refractivity (Wildman–Crippen MR) is 143 cm³/mol. The minimum atomic E-state index is -4.42. The summed E-state index contributed by atoms with van der Waals surface area (Å²) in [5.41, 5.74) is 5.14. The number of allylic oxidation sites excluding steroid dienone is 2. The Kier molecular flexibility index (Phi) is 6.81. The van der Waals surface area contributed by atoms with Crippen molar-refractivity contribution < 1.29 is 26.7 Å². The summed E-state index contributed by atoms with van der Waals surface area (Å²) >= 11 is 6.15. The van der Waals surface area contributed by atoms with Crippen LogP contribution in [0, 0.1) is 0 Å². The summed E-state index contributed by atoms with van der Waals surface area (Å²) in [5, 5.41) is 0.619. The highest BCUT2D eigenvalue weighted by Crippen LogP contribution is 2.42. The Morgan fingerprint density at radius 1 is 1.08 bits per heavy atom. The van der Waals surface area contributed by atoms with Gasteiger partial charge in [0.05, 0.1) is 27.6 Å².